The molecule has 0 unspecified atom stereocenters. The first kappa shape index (κ1) is 16.0. The van der Waals surface area contributed by atoms with Crippen LogP contribution < -0.4 is 15.2 Å². The maximum absolute atomic E-state index is 12.2. The van der Waals surface area contributed by atoms with Crippen molar-refractivity contribution in [1.82, 2.24) is 4.72 Å². The third kappa shape index (κ3) is 4.22. The van der Waals surface area contributed by atoms with Crippen LogP contribution in [0.1, 0.15) is 13.3 Å². The number of halogens is 1. The third-order valence-electron chi connectivity index (χ3n) is 2.41. The molecule has 0 saturated carbocycles. The number of hydrogen-bond acceptors (Lipinski definition) is 4. The second kappa shape index (κ2) is 6.93. The third-order valence-corrected chi connectivity index (χ3v) is 4.58. The Morgan fingerprint density at radius 1 is 1.47 bits per heavy atom. The topological polar surface area (TPSA) is 81.4 Å². The van der Waals surface area contributed by atoms with E-state index in [1.807, 2.05) is 19.1 Å². The van der Waals surface area contributed by atoms with Gasteiger partial charge in [0.05, 0.1) is 7.11 Å². The van der Waals surface area contributed by atoms with Gasteiger partial charge in [0, 0.05) is 16.7 Å². The van der Waals surface area contributed by atoms with Crippen LogP contribution in [-0.4, -0.2) is 22.1 Å². The number of nitrogens with one attached hydrogen (secondary N) is 1. The number of rotatable bonds is 6. The fraction of sp³-hybridized carbons (Fsp3) is 0.333. The molecule has 0 heterocycles. The number of nitrogens with two attached hydrogens (primary N) is 1. The van der Waals surface area contributed by atoms with Crippen LogP contribution in [0.2, 0.25) is 0 Å². The maximum atomic E-state index is 12.2. The van der Waals surface area contributed by atoms with Gasteiger partial charge in [0.2, 0.25) is 10.0 Å². The summed E-state index contributed by atoms with van der Waals surface area (Å²) in [6, 6.07) is 2.91. The second-order valence-corrected chi connectivity index (χ2v) is 6.37. The molecule has 0 aliphatic rings. The number of anilines is 1. The first-order chi connectivity index (χ1) is 8.92. The van der Waals surface area contributed by atoms with Gasteiger partial charge in [-0.05, 0) is 41.4 Å². The Morgan fingerprint density at radius 3 is 2.74 bits per heavy atom. The van der Waals surface area contributed by atoms with E-state index in [0.717, 1.165) is 0 Å². The lowest BCUT2D eigenvalue weighted by Gasteiger charge is -2.12. The molecule has 106 valence electrons. The summed E-state index contributed by atoms with van der Waals surface area (Å²) in [7, 11) is -2.22. The van der Waals surface area contributed by atoms with Crippen LogP contribution in [0, 0.1) is 0 Å². The van der Waals surface area contributed by atoms with Gasteiger partial charge in [0.15, 0.2) is 0 Å². The van der Waals surface area contributed by atoms with Crippen LogP contribution in [0.25, 0.3) is 0 Å². The molecule has 0 radical (unpaired) electrons. The number of benzene rings is 1. The molecule has 0 spiro atoms. The van der Waals surface area contributed by atoms with Gasteiger partial charge in [-0.1, -0.05) is 12.2 Å². The van der Waals surface area contributed by atoms with E-state index in [-0.39, 0.29) is 10.6 Å². The highest BCUT2D eigenvalue weighted by Gasteiger charge is 2.20. The quantitative estimate of drug-likeness (QED) is 0.469. The molecule has 0 atom stereocenters. The molecule has 7 heteroatoms. The predicted molar refractivity (Wildman–Crippen MR) is 79.7 cm³/mol. The highest BCUT2D eigenvalue weighted by Crippen LogP contribution is 2.32. The van der Waals surface area contributed by atoms with Crippen molar-refractivity contribution in [3.05, 3.63) is 28.8 Å². The van der Waals surface area contributed by atoms with E-state index < -0.39 is 10.0 Å². The van der Waals surface area contributed by atoms with Crippen LogP contribution in [0.5, 0.6) is 5.75 Å². The van der Waals surface area contributed by atoms with Crippen LogP contribution in [-0.2, 0) is 10.0 Å². The van der Waals surface area contributed by atoms with E-state index in [9.17, 15) is 8.42 Å². The van der Waals surface area contributed by atoms with E-state index in [0.29, 0.717) is 23.1 Å². The minimum Gasteiger partial charge on any atom is -0.495 e. The van der Waals surface area contributed by atoms with Crippen molar-refractivity contribution in [2.75, 3.05) is 19.4 Å². The van der Waals surface area contributed by atoms with Gasteiger partial charge in [-0.15, -0.1) is 0 Å². The SMILES string of the molecule is C/C=C/CCNS(=O)(=O)c1cc(N)c(Br)cc1OC. The smallest absolute Gasteiger partial charge is 0.244 e. The van der Waals surface area contributed by atoms with Crippen molar-refractivity contribution in [3.8, 4) is 5.75 Å². The van der Waals surface area contributed by atoms with Crippen molar-refractivity contribution in [2.45, 2.75) is 18.2 Å². The van der Waals surface area contributed by atoms with Gasteiger partial charge in [-0.2, -0.15) is 0 Å². The summed E-state index contributed by atoms with van der Waals surface area (Å²) >= 11 is 3.23. The summed E-state index contributed by atoms with van der Waals surface area (Å²) < 4.78 is 32.5. The van der Waals surface area contributed by atoms with E-state index >= 15 is 0 Å². The van der Waals surface area contributed by atoms with Gasteiger partial charge in [0.1, 0.15) is 10.6 Å². The van der Waals surface area contributed by atoms with E-state index in [1.54, 1.807) is 0 Å². The molecule has 0 aromatic heterocycles. The van der Waals surface area contributed by atoms with Gasteiger partial charge in [-0.3, -0.25) is 0 Å². The van der Waals surface area contributed by atoms with Crippen molar-refractivity contribution in [1.29, 1.82) is 0 Å². The molecule has 3 N–H and O–H groups in total. The zero-order chi connectivity index (χ0) is 14.5. The highest BCUT2D eigenvalue weighted by molar-refractivity contribution is 9.10. The predicted octanol–water partition coefficient (Wildman–Crippen LogP) is 2.28. The number of ether oxygens (including phenoxy) is 1. The first-order valence-electron chi connectivity index (χ1n) is 5.66. The monoisotopic (exact) mass is 348 g/mol. The summed E-state index contributed by atoms with van der Waals surface area (Å²) in [6.45, 7) is 2.21. The van der Waals surface area contributed by atoms with Crippen LogP contribution in [0.3, 0.4) is 0 Å². The molecule has 19 heavy (non-hydrogen) atoms. The van der Waals surface area contributed by atoms with Gasteiger partial charge >= 0.3 is 0 Å². The lowest BCUT2D eigenvalue weighted by Crippen LogP contribution is -2.25. The Morgan fingerprint density at radius 2 is 2.16 bits per heavy atom. The molecule has 0 fully saturated rings. The Balaban J connectivity index is 3.03. The Kier molecular flexibility index (Phi) is 5.84. The highest BCUT2D eigenvalue weighted by atomic mass is 79.9. The lowest BCUT2D eigenvalue weighted by molar-refractivity contribution is 0.402. The largest absolute Gasteiger partial charge is 0.495 e. The summed E-state index contributed by atoms with van der Waals surface area (Å²) in [6.07, 6.45) is 4.38. The molecule has 1 aromatic rings. The zero-order valence-corrected chi connectivity index (χ0v) is 13.2. The molecule has 0 amide bonds. The number of allylic oxidation sites excluding steroid dienone is 1. The fourth-order valence-electron chi connectivity index (χ4n) is 1.44. The molecular formula is C12H17BrN2O3S. The number of methoxy groups -OCH3 is 1. The van der Waals surface area contributed by atoms with Crippen molar-refractivity contribution in [3.63, 3.8) is 0 Å². The lowest BCUT2D eigenvalue weighted by atomic mass is 10.3. The van der Waals surface area contributed by atoms with Crippen LogP contribution in [0.4, 0.5) is 5.69 Å². The van der Waals surface area contributed by atoms with Crippen molar-refractivity contribution >= 4 is 31.6 Å². The Labute approximate surface area is 122 Å². The standard InChI is InChI=1S/C12H17BrN2O3S/c1-3-4-5-6-15-19(16,17)12-8-10(14)9(13)7-11(12)18-2/h3-4,7-8,15H,5-6,14H2,1-2H3/b4-3+. The van der Waals surface area contributed by atoms with Crippen molar-refractivity contribution in [2.24, 2.45) is 0 Å². The zero-order valence-electron chi connectivity index (χ0n) is 10.8. The average molecular weight is 349 g/mol. The number of hydrogen-bond donors (Lipinski definition) is 2. The summed E-state index contributed by atoms with van der Waals surface area (Å²) in [5.74, 6) is 0.250. The van der Waals surface area contributed by atoms with E-state index in [4.69, 9.17) is 10.5 Å². The normalized spacial score (nSPS) is 11.9. The molecule has 0 aliphatic heterocycles. The van der Waals surface area contributed by atoms with Gasteiger partial charge < -0.3 is 10.5 Å². The molecule has 5 nitrogen and oxygen atoms in total. The molecule has 1 rings (SSSR count). The summed E-state index contributed by atoms with van der Waals surface area (Å²) in [5, 5.41) is 0. The molecule has 0 bridgehead atoms. The average Bonchev–Trinajstić information content (AvgIpc) is 2.37. The van der Waals surface area contributed by atoms with E-state index in [1.165, 1.54) is 19.2 Å². The molecule has 0 saturated heterocycles. The second-order valence-electron chi connectivity index (χ2n) is 3.78. The number of sulfonamides is 1. The van der Waals surface area contributed by atoms with Crippen LogP contribution in [0.15, 0.2) is 33.7 Å². The Bertz CT molecular complexity index is 571. The minimum atomic E-state index is -3.63. The number of nitrogen functional groups attached to an aromatic ring is 1. The summed E-state index contributed by atoms with van der Waals surface area (Å²) in [4.78, 5) is 0.0381. The minimum absolute atomic E-state index is 0.0381. The van der Waals surface area contributed by atoms with Gasteiger partial charge in [-0.25, -0.2) is 13.1 Å². The maximum Gasteiger partial charge on any atom is 0.244 e. The Hall–Kier alpha value is -1.05. The summed E-state index contributed by atoms with van der Waals surface area (Å²) in [5.41, 5.74) is 6.05. The van der Waals surface area contributed by atoms with E-state index in [2.05, 4.69) is 20.7 Å². The van der Waals surface area contributed by atoms with Gasteiger partial charge in [0.25, 0.3) is 0 Å². The molecule has 0 aliphatic carbocycles. The molecule has 1 aromatic carbocycles. The van der Waals surface area contributed by atoms with Crippen molar-refractivity contribution < 1.29 is 13.2 Å². The first-order valence-corrected chi connectivity index (χ1v) is 7.93. The molecular weight excluding hydrogens is 332 g/mol. The fourth-order valence-corrected chi connectivity index (χ4v) is 3.00. The van der Waals surface area contributed by atoms with Crippen LogP contribution >= 0.6 is 15.9 Å².